The normalized spacial score (nSPS) is 11.2. The van der Waals surface area contributed by atoms with Gasteiger partial charge in [-0.05, 0) is 24.3 Å². The molecule has 2 rings (SSSR count). The minimum absolute atomic E-state index is 0.0607. The molecule has 0 fully saturated rings. The maximum absolute atomic E-state index is 12.5. The highest BCUT2D eigenvalue weighted by atomic mass is 35.5. The topological polar surface area (TPSA) is 64.6 Å². The van der Waals surface area contributed by atoms with E-state index in [1.165, 1.54) is 25.3 Å². The third-order valence-corrected chi connectivity index (χ3v) is 4.65. The van der Waals surface area contributed by atoms with E-state index < -0.39 is 10.0 Å². The Kier molecular flexibility index (Phi) is 5.28. The number of ether oxygens (including phenoxy) is 2. The summed E-state index contributed by atoms with van der Waals surface area (Å²) in [5, 5.41) is 0.232. The monoisotopic (exact) mass is 341 g/mol. The molecule has 2 aromatic carbocycles. The molecule has 0 aliphatic heterocycles. The van der Waals surface area contributed by atoms with Crippen molar-refractivity contribution in [2.75, 3.05) is 18.9 Å². The second-order valence-corrected chi connectivity index (χ2v) is 6.58. The van der Waals surface area contributed by atoms with Crippen molar-refractivity contribution in [3.63, 3.8) is 0 Å². The molecule has 0 aliphatic rings. The zero-order chi connectivity index (χ0) is 16.2. The molecule has 0 aliphatic carbocycles. The molecular weight excluding hydrogens is 326 g/mol. The number of hydrogen-bond acceptors (Lipinski definition) is 4. The number of anilines is 1. The van der Waals surface area contributed by atoms with Crippen LogP contribution in [0.2, 0.25) is 5.02 Å². The van der Waals surface area contributed by atoms with Crippen molar-refractivity contribution in [3.05, 3.63) is 53.1 Å². The number of nitrogens with one attached hydrogen (secondary N) is 1. The summed E-state index contributed by atoms with van der Waals surface area (Å²) in [5.41, 5.74) is 1.21. The summed E-state index contributed by atoms with van der Waals surface area (Å²) in [7, 11) is -0.730. The molecule has 0 bridgehead atoms. The molecule has 0 saturated heterocycles. The number of para-hydroxylation sites is 1. The molecule has 118 valence electrons. The fourth-order valence-electron chi connectivity index (χ4n) is 1.92. The van der Waals surface area contributed by atoms with Gasteiger partial charge in [-0.1, -0.05) is 29.8 Å². The van der Waals surface area contributed by atoms with Crippen molar-refractivity contribution in [2.24, 2.45) is 0 Å². The summed E-state index contributed by atoms with van der Waals surface area (Å²) >= 11 is 5.98. The van der Waals surface area contributed by atoms with Crippen LogP contribution in [0.15, 0.2) is 47.4 Å². The second kappa shape index (κ2) is 7.00. The van der Waals surface area contributed by atoms with Gasteiger partial charge < -0.3 is 9.47 Å². The van der Waals surface area contributed by atoms with E-state index in [-0.39, 0.29) is 9.92 Å². The van der Waals surface area contributed by atoms with E-state index >= 15 is 0 Å². The first-order valence-corrected chi connectivity index (χ1v) is 8.27. The molecule has 0 radical (unpaired) electrons. The van der Waals surface area contributed by atoms with Crippen LogP contribution < -0.4 is 9.46 Å². The SMILES string of the molecule is COCc1ccccc1NS(=O)(=O)c1ccc(OC)c(Cl)c1. The summed E-state index contributed by atoms with van der Waals surface area (Å²) in [6.45, 7) is 0.308. The fraction of sp³-hybridized carbons (Fsp3) is 0.200. The lowest BCUT2D eigenvalue weighted by atomic mass is 10.2. The van der Waals surface area contributed by atoms with Gasteiger partial charge in [-0.3, -0.25) is 4.72 Å². The highest BCUT2D eigenvalue weighted by Crippen LogP contribution is 2.28. The Bertz CT molecular complexity index is 762. The molecule has 0 atom stereocenters. The third-order valence-electron chi connectivity index (χ3n) is 3.00. The van der Waals surface area contributed by atoms with Gasteiger partial charge in [-0.2, -0.15) is 0 Å². The fourth-order valence-corrected chi connectivity index (χ4v) is 3.37. The van der Waals surface area contributed by atoms with Gasteiger partial charge in [-0.15, -0.1) is 0 Å². The van der Waals surface area contributed by atoms with Crippen molar-refractivity contribution in [1.29, 1.82) is 0 Å². The van der Waals surface area contributed by atoms with Gasteiger partial charge in [0.25, 0.3) is 10.0 Å². The predicted octanol–water partition coefficient (Wildman–Crippen LogP) is 3.30. The van der Waals surface area contributed by atoms with E-state index in [0.717, 1.165) is 5.56 Å². The lowest BCUT2D eigenvalue weighted by molar-refractivity contribution is 0.185. The number of methoxy groups -OCH3 is 2. The molecule has 0 aromatic heterocycles. The quantitative estimate of drug-likeness (QED) is 0.875. The smallest absolute Gasteiger partial charge is 0.261 e. The number of sulfonamides is 1. The van der Waals surface area contributed by atoms with E-state index in [2.05, 4.69) is 4.72 Å². The summed E-state index contributed by atoms with van der Waals surface area (Å²) < 4.78 is 37.5. The van der Waals surface area contributed by atoms with Crippen molar-refractivity contribution in [3.8, 4) is 5.75 Å². The van der Waals surface area contributed by atoms with Crippen molar-refractivity contribution >= 4 is 27.3 Å². The van der Waals surface area contributed by atoms with E-state index in [1.807, 2.05) is 6.07 Å². The van der Waals surface area contributed by atoms with Gasteiger partial charge in [0.05, 0.1) is 29.3 Å². The first kappa shape index (κ1) is 16.6. The van der Waals surface area contributed by atoms with Crippen LogP contribution in [0.3, 0.4) is 0 Å². The highest BCUT2D eigenvalue weighted by Gasteiger charge is 2.17. The summed E-state index contributed by atoms with van der Waals surface area (Å²) in [6.07, 6.45) is 0. The maximum Gasteiger partial charge on any atom is 0.261 e. The molecule has 0 unspecified atom stereocenters. The largest absolute Gasteiger partial charge is 0.495 e. The summed E-state index contributed by atoms with van der Waals surface area (Å²) in [5.74, 6) is 0.417. The molecule has 0 spiro atoms. The highest BCUT2D eigenvalue weighted by molar-refractivity contribution is 7.92. The van der Waals surface area contributed by atoms with E-state index in [9.17, 15) is 8.42 Å². The van der Waals surface area contributed by atoms with Gasteiger partial charge in [0.1, 0.15) is 5.75 Å². The van der Waals surface area contributed by atoms with E-state index in [0.29, 0.717) is 18.0 Å². The van der Waals surface area contributed by atoms with Crippen LogP contribution in [0.5, 0.6) is 5.75 Å². The Morgan fingerprint density at radius 2 is 1.86 bits per heavy atom. The van der Waals surface area contributed by atoms with Crippen LogP contribution >= 0.6 is 11.6 Å². The second-order valence-electron chi connectivity index (χ2n) is 4.49. The van der Waals surface area contributed by atoms with Gasteiger partial charge in [0.2, 0.25) is 0 Å². The van der Waals surface area contributed by atoms with Gasteiger partial charge >= 0.3 is 0 Å². The lowest BCUT2D eigenvalue weighted by Crippen LogP contribution is -2.14. The molecule has 5 nitrogen and oxygen atoms in total. The molecule has 0 amide bonds. The first-order chi connectivity index (χ1) is 10.5. The molecule has 7 heteroatoms. The van der Waals surface area contributed by atoms with Crippen molar-refractivity contribution < 1.29 is 17.9 Å². The van der Waals surface area contributed by atoms with E-state index in [4.69, 9.17) is 21.1 Å². The Balaban J connectivity index is 2.34. The van der Waals surface area contributed by atoms with Crippen LogP contribution in [-0.4, -0.2) is 22.6 Å². The zero-order valence-corrected chi connectivity index (χ0v) is 13.7. The van der Waals surface area contributed by atoms with Crippen LogP contribution in [0.4, 0.5) is 5.69 Å². The molecule has 0 heterocycles. The molecule has 0 saturated carbocycles. The summed E-state index contributed by atoms with van der Waals surface area (Å²) in [4.78, 5) is 0.0607. The van der Waals surface area contributed by atoms with Crippen LogP contribution in [0.1, 0.15) is 5.56 Å². The van der Waals surface area contributed by atoms with E-state index in [1.54, 1.807) is 25.3 Å². The standard InChI is InChI=1S/C15H16ClNO4S/c1-20-10-11-5-3-4-6-14(11)17-22(18,19)12-7-8-15(21-2)13(16)9-12/h3-9,17H,10H2,1-2H3. The Hall–Kier alpha value is -1.76. The van der Waals surface area contributed by atoms with Crippen molar-refractivity contribution in [2.45, 2.75) is 11.5 Å². The predicted molar refractivity (Wildman–Crippen MR) is 86.0 cm³/mol. The molecule has 1 N–H and O–H groups in total. The third kappa shape index (κ3) is 3.71. The zero-order valence-electron chi connectivity index (χ0n) is 12.2. The number of rotatable bonds is 6. The average molecular weight is 342 g/mol. The summed E-state index contributed by atoms with van der Waals surface area (Å²) in [6, 6.07) is 11.3. The number of hydrogen-bond donors (Lipinski definition) is 1. The molecule has 2 aromatic rings. The van der Waals surface area contributed by atoms with Crippen molar-refractivity contribution in [1.82, 2.24) is 0 Å². The van der Waals surface area contributed by atoms with Crippen LogP contribution in [0.25, 0.3) is 0 Å². The van der Waals surface area contributed by atoms with Gasteiger partial charge in [0, 0.05) is 12.7 Å². The van der Waals surface area contributed by atoms with Crippen LogP contribution in [-0.2, 0) is 21.4 Å². The Morgan fingerprint density at radius 3 is 2.50 bits per heavy atom. The molecule has 22 heavy (non-hydrogen) atoms. The Morgan fingerprint density at radius 1 is 1.14 bits per heavy atom. The van der Waals surface area contributed by atoms with Crippen LogP contribution in [0, 0.1) is 0 Å². The van der Waals surface area contributed by atoms with Gasteiger partial charge in [0.15, 0.2) is 0 Å². The molecular formula is C15H16ClNO4S. The average Bonchev–Trinajstić information content (AvgIpc) is 2.49. The van der Waals surface area contributed by atoms with Gasteiger partial charge in [-0.25, -0.2) is 8.42 Å². The first-order valence-electron chi connectivity index (χ1n) is 6.41. The number of benzene rings is 2. The number of halogens is 1. The minimum atomic E-state index is -3.75. The maximum atomic E-state index is 12.5. The minimum Gasteiger partial charge on any atom is -0.495 e. The lowest BCUT2D eigenvalue weighted by Gasteiger charge is -2.13. The Labute approximate surface area is 134 Å².